The van der Waals surface area contributed by atoms with E-state index in [0.29, 0.717) is 53.0 Å². The lowest BCUT2D eigenvalue weighted by Gasteiger charge is -2.18. The number of rotatable bonds is 2. The summed E-state index contributed by atoms with van der Waals surface area (Å²) < 4.78 is 16.4. The lowest BCUT2D eigenvalue weighted by atomic mass is 10.1. The molecule has 2 aromatic carbocycles. The van der Waals surface area contributed by atoms with E-state index in [1.807, 2.05) is 0 Å². The number of hydrogen-bond donors (Lipinski definition) is 1. The van der Waals surface area contributed by atoms with E-state index in [0.717, 1.165) is 0 Å². The first-order chi connectivity index (χ1) is 11.2. The number of carbonyl (C=O) groups excluding carboxylic acids is 1. The molecule has 3 aromatic rings. The van der Waals surface area contributed by atoms with E-state index in [1.165, 1.54) is 0 Å². The molecule has 116 valence electrons. The van der Waals surface area contributed by atoms with Gasteiger partial charge < -0.3 is 19.2 Å². The minimum absolute atomic E-state index is 0.221. The van der Waals surface area contributed by atoms with Crippen molar-refractivity contribution in [3.05, 3.63) is 47.9 Å². The molecule has 0 radical (unpaired) electrons. The van der Waals surface area contributed by atoms with Gasteiger partial charge in [0.15, 0.2) is 23.0 Å². The number of nitrogens with zero attached hydrogens (tertiary/aromatic N) is 1. The minimum Gasteiger partial charge on any atom is -0.486 e. The molecule has 0 saturated heterocycles. The van der Waals surface area contributed by atoms with Crippen molar-refractivity contribution in [2.24, 2.45) is 0 Å². The van der Waals surface area contributed by atoms with Gasteiger partial charge in [-0.2, -0.15) is 0 Å². The molecular formula is C17H14N2O4. The first-order valence-electron chi connectivity index (χ1n) is 7.27. The number of aryl methyl sites for hydroxylation is 1. The Morgan fingerprint density at radius 3 is 2.78 bits per heavy atom. The zero-order chi connectivity index (χ0) is 15.8. The summed E-state index contributed by atoms with van der Waals surface area (Å²) in [6.07, 6.45) is 0. The maximum Gasteiger partial charge on any atom is 0.255 e. The van der Waals surface area contributed by atoms with E-state index in [9.17, 15) is 4.79 Å². The van der Waals surface area contributed by atoms with Gasteiger partial charge in [0.25, 0.3) is 5.91 Å². The van der Waals surface area contributed by atoms with Gasteiger partial charge in [-0.15, -0.1) is 0 Å². The van der Waals surface area contributed by atoms with Crippen molar-refractivity contribution in [2.75, 3.05) is 18.5 Å². The molecule has 1 N–H and O–H groups in total. The second-order valence-electron chi connectivity index (χ2n) is 5.23. The highest BCUT2D eigenvalue weighted by molar-refractivity contribution is 6.05. The van der Waals surface area contributed by atoms with E-state index in [4.69, 9.17) is 13.9 Å². The van der Waals surface area contributed by atoms with Gasteiger partial charge in [-0.3, -0.25) is 4.79 Å². The molecule has 0 bridgehead atoms. The number of ether oxygens (including phenoxy) is 2. The van der Waals surface area contributed by atoms with Crippen molar-refractivity contribution in [1.82, 2.24) is 4.98 Å². The fourth-order valence-corrected chi connectivity index (χ4v) is 2.51. The number of carbonyl (C=O) groups is 1. The zero-order valence-electron chi connectivity index (χ0n) is 12.5. The van der Waals surface area contributed by atoms with Crippen molar-refractivity contribution in [2.45, 2.75) is 6.92 Å². The normalized spacial score (nSPS) is 13.1. The Morgan fingerprint density at radius 2 is 1.91 bits per heavy atom. The van der Waals surface area contributed by atoms with Gasteiger partial charge in [0.2, 0.25) is 0 Å². The number of benzene rings is 2. The van der Waals surface area contributed by atoms with Crippen molar-refractivity contribution in [3.63, 3.8) is 0 Å². The molecule has 23 heavy (non-hydrogen) atoms. The average molecular weight is 310 g/mol. The third kappa shape index (κ3) is 2.59. The Kier molecular flexibility index (Phi) is 3.15. The maximum atomic E-state index is 12.4. The molecular weight excluding hydrogens is 296 g/mol. The highest BCUT2D eigenvalue weighted by Gasteiger charge is 2.15. The van der Waals surface area contributed by atoms with Crippen LogP contribution in [0.2, 0.25) is 0 Å². The van der Waals surface area contributed by atoms with Gasteiger partial charge in [-0.1, -0.05) is 0 Å². The van der Waals surface area contributed by atoms with Crippen LogP contribution in [0.3, 0.4) is 0 Å². The number of oxazole rings is 1. The van der Waals surface area contributed by atoms with Gasteiger partial charge in [0, 0.05) is 18.2 Å². The first kappa shape index (κ1) is 13.6. The van der Waals surface area contributed by atoms with E-state index in [-0.39, 0.29) is 5.91 Å². The number of hydrogen-bond acceptors (Lipinski definition) is 5. The first-order valence-corrected chi connectivity index (χ1v) is 7.27. The molecule has 6 heteroatoms. The molecule has 1 amide bonds. The summed E-state index contributed by atoms with van der Waals surface area (Å²) in [6, 6.07) is 10.5. The SMILES string of the molecule is Cc1nc2cc(NC(=O)c3ccc4c(c3)OCCO4)ccc2o1. The molecule has 0 spiro atoms. The highest BCUT2D eigenvalue weighted by atomic mass is 16.6. The predicted molar refractivity (Wildman–Crippen MR) is 84.1 cm³/mol. The van der Waals surface area contributed by atoms with E-state index in [2.05, 4.69) is 10.3 Å². The summed E-state index contributed by atoms with van der Waals surface area (Å²) in [6.45, 7) is 2.80. The van der Waals surface area contributed by atoms with Crippen LogP contribution in [-0.2, 0) is 0 Å². The Bertz CT molecular complexity index is 901. The summed E-state index contributed by atoms with van der Waals surface area (Å²) in [4.78, 5) is 16.6. The van der Waals surface area contributed by atoms with Crippen LogP contribution in [0, 0.1) is 6.92 Å². The van der Waals surface area contributed by atoms with Crippen LogP contribution >= 0.6 is 0 Å². The smallest absolute Gasteiger partial charge is 0.255 e. The molecule has 0 fully saturated rings. The molecule has 1 aromatic heterocycles. The van der Waals surface area contributed by atoms with E-state index in [1.54, 1.807) is 43.3 Å². The van der Waals surface area contributed by atoms with Crippen molar-refractivity contribution >= 4 is 22.7 Å². The van der Waals surface area contributed by atoms with Crippen LogP contribution < -0.4 is 14.8 Å². The largest absolute Gasteiger partial charge is 0.486 e. The van der Waals surface area contributed by atoms with Gasteiger partial charge >= 0.3 is 0 Å². The average Bonchev–Trinajstić information content (AvgIpc) is 2.93. The highest BCUT2D eigenvalue weighted by Crippen LogP contribution is 2.31. The molecule has 0 aliphatic carbocycles. The second-order valence-corrected chi connectivity index (χ2v) is 5.23. The number of aromatic nitrogens is 1. The summed E-state index contributed by atoms with van der Waals surface area (Å²) in [7, 11) is 0. The zero-order valence-corrected chi connectivity index (χ0v) is 12.5. The standard InChI is InChI=1S/C17H14N2O4/c1-10-18-13-9-12(3-5-14(13)23-10)19-17(20)11-2-4-15-16(8-11)22-7-6-21-15/h2-5,8-9H,6-7H2,1H3,(H,19,20). The monoisotopic (exact) mass is 310 g/mol. The van der Waals surface area contributed by atoms with Crippen LogP contribution in [0.5, 0.6) is 11.5 Å². The Hall–Kier alpha value is -3.02. The van der Waals surface area contributed by atoms with Crippen LogP contribution in [0.4, 0.5) is 5.69 Å². The Morgan fingerprint density at radius 1 is 1.09 bits per heavy atom. The molecule has 0 unspecified atom stereocenters. The Balaban J connectivity index is 1.58. The van der Waals surface area contributed by atoms with Crippen LogP contribution in [-0.4, -0.2) is 24.1 Å². The number of fused-ring (bicyclic) bond motifs is 2. The second kappa shape index (κ2) is 5.31. The van der Waals surface area contributed by atoms with Crippen molar-refractivity contribution < 1.29 is 18.7 Å². The Labute approximate surface area is 132 Å². The molecule has 0 atom stereocenters. The molecule has 2 heterocycles. The number of anilines is 1. The molecule has 0 saturated carbocycles. The molecule has 1 aliphatic heterocycles. The molecule has 1 aliphatic rings. The summed E-state index contributed by atoms with van der Waals surface area (Å²) in [5.74, 6) is 1.62. The van der Waals surface area contributed by atoms with Crippen LogP contribution in [0.25, 0.3) is 11.1 Å². The summed E-state index contributed by atoms with van der Waals surface area (Å²) in [5.41, 5.74) is 2.57. The molecule has 6 nitrogen and oxygen atoms in total. The lowest BCUT2D eigenvalue weighted by molar-refractivity contribution is 0.102. The van der Waals surface area contributed by atoms with Crippen LogP contribution in [0.1, 0.15) is 16.2 Å². The predicted octanol–water partition coefficient (Wildman–Crippen LogP) is 3.16. The lowest BCUT2D eigenvalue weighted by Crippen LogP contribution is -2.17. The number of nitrogens with one attached hydrogen (secondary N) is 1. The third-order valence-electron chi connectivity index (χ3n) is 3.56. The van der Waals surface area contributed by atoms with Crippen molar-refractivity contribution in [1.29, 1.82) is 0 Å². The summed E-state index contributed by atoms with van der Waals surface area (Å²) >= 11 is 0. The summed E-state index contributed by atoms with van der Waals surface area (Å²) in [5, 5.41) is 2.85. The van der Waals surface area contributed by atoms with E-state index < -0.39 is 0 Å². The van der Waals surface area contributed by atoms with Gasteiger partial charge in [0.05, 0.1) is 0 Å². The fourth-order valence-electron chi connectivity index (χ4n) is 2.51. The van der Waals surface area contributed by atoms with E-state index >= 15 is 0 Å². The minimum atomic E-state index is -0.221. The van der Waals surface area contributed by atoms with Crippen molar-refractivity contribution in [3.8, 4) is 11.5 Å². The van der Waals surface area contributed by atoms with Gasteiger partial charge in [-0.05, 0) is 36.4 Å². The van der Waals surface area contributed by atoms with Crippen LogP contribution in [0.15, 0.2) is 40.8 Å². The quantitative estimate of drug-likeness (QED) is 0.787. The third-order valence-corrected chi connectivity index (χ3v) is 3.56. The fraction of sp³-hybridized carbons (Fsp3) is 0.176. The number of amides is 1. The molecule has 4 rings (SSSR count). The maximum absolute atomic E-state index is 12.4. The van der Waals surface area contributed by atoms with Gasteiger partial charge in [-0.25, -0.2) is 4.98 Å². The van der Waals surface area contributed by atoms with Gasteiger partial charge in [0.1, 0.15) is 18.7 Å². The topological polar surface area (TPSA) is 73.6 Å².